The van der Waals surface area contributed by atoms with Gasteiger partial charge >= 0.3 is 0 Å². The first-order valence-electron chi connectivity index (χ1n) is 20.1. The lowest BCUT2D eigenvalue weighted by Gasteiger charge is -2.24. The molecule has 9 aromatic carbocycles. The number of hydrogen-bond acceptors (Lipinski definition) is 0. The average molecular weight is 726 g/mol. The highest BCUT2D eigenvalue weighted by Crippen LogP contribution is 2.54. The van der Waals surface area contributed by atoms with Crippen molar-refractivity contribution in [2.24, 2.45) is 0 Å². The highest BCUT2D eigenvalue weighted by molar-refractivity contribution is 6.15. The summed E-state index contributed by atoms with van der Waals surface area (Å²) in [5, 5.41) is 5.08. The van der Waals surface area contributed by atoms with E-state index in [0.717, 1.165) is 0 Å². The fourth-order valence-electron chi connectivity index (χ4n) is 10.5. The lowest BCUT2D eigenvalue weighted by molar-refractivity contribution is 0.664. The molecule has 1 heteroatoms. The Morgan fingerprint density at radius 2 is 1.11 bits per heavy atom. The third kappa shape index (κ3) is 4.63. The summed E-state index contributed by atoms with van der Waals surface area (Å²) in [4.78, 5) is 0. The van der Waals surface area contributed by atoms with Crippen LogP contribution in [0.4, 0.5) is 0 Å². The van der Waals surface area contributed by atoms with Gasteiger partial charge in [-0.05, 0) is 102 Å². The Hall–Kier alpha value is -6.96. The molecule has 1 nitrogen and oxygen atoms in total. The van der Waals surface area contributed by atoms with Crippen molar-refractivity contribution in [1.82, 2.24) is 4.57 Å². The minimum atomic E-state index is -0.157. The molecule has 1 heterocycles. The predicted molar refractivity (Wildman–Crippen MR) is 240 cm³/mol. The molecule has 0 fully saturated rings. The van der Waals surface area contributed by atoms with Crippen molar-refractivity contribution in [2.45, 2.75) is 25.2 Å². The van der Waals surface area contributed by atoms with Crippen LogP contribution in [-0.2, 0) is 5.41 Å². The lowest BCUT2D eigenvalue weighted by Crippen LogP contribution is -2.16. The highest BCUT2D eigenvalue weighted by atomic mass is 15.0. The van der Waals surface area contributed by atoms with Crippen LogP contribution in [0.3, 0.4) is 0 Å². The van der Waals surface area contributed by atoms with E-state index < -0.39 is 0 Å². The van der Waals surface area contributed by atoms with Crippen molar-refractivity contribution in [3.8, 4) is 50.2 Å². The van der Waals surface area contributed by atoms with Gasteiger partial charge in [0.2, 0.25) is 0 Å². The van der Waals surface area contributed by atoms with Gasteiger partial charge in [0.25, 0.3) is 0 Å². The van der Waals surface area contributed by atoms with Crippen molar-refractivity contribution in [2.75, 3.05) is 0 Å². The molecule has 10 aromatic rings. The van der Waals surface area contributed by atoms with Crippen molar-refractivity contribution >= 4 is 32.6 Å². The van der Waals surface area contributed by atoms with Gasteiger partial charge in [-0.25, -0.2) is 0 Å². The summed E-state index contributed by atoms with van der Waals surface area (Å²) in [6.07, 6.45) is 0. The number of rotatable bonds is 4. The van der Waals surface area contributed by atoms with Crippen molar-refractivity contribution < 1.29 is 0 Å². The number of aromatic nitrogens is 1. The first-order valence-corrected chi connectivity index (χ1v) is 20.1. The minimum Gasteiger partial charge on any atom is -0.308 e. The Labute approximate surface area is 333 Å². The molecule has 0 aliphatic heterocycles. The van der Waals surface area contributed by atoms with E-state index in [0.29, 0.717) is 0 Å². The standard InChI is InChI=1S/C56H39N/c1-56(2)50-24-11-10-22-43(50)46-29-30-47-49-34-39(27-31-52(49)57(55(47)54(46)56)51-25-13-17-36-16-6-7-20-41(36)51)38-26-28-45-48(33-38)42-21-8-9-23-44(42)53(45)40-19-12-18-37(32-40)35-14-4-3-5-15-35/h3-34,53H,1-2H3. The molecular formula is C56H39N. The molecule has 12 rings (SSSR count). The summed E-state index contributed by atoms with van der Waals surface area (Å²) in [5.41, 5.74) is 20.8. The second kappa shape index (κ2) is 12.0. The van der Waals surface area contributed by atoms with Crippen LogP contribution in [0.1, 0.15) is 47.6 Å². The average Bonchev–Trinajstić information content (AvgIpc) is 3.86. The molecule has 2 aliphatic rings. The van der Waals surface area contributed by atoms with E-state index >= 15 is 0 Å². The quantitative estimate of drug-likeness (QED) is 0.170. The van der Waals surface area contributed by atoms with Gasteiger partial charge in [-0.2, -0.15) is 0 Å². The maximum atomic E-state index is 2.57. The fourth-order valence-corrected chi connectivity index (χ4v) is 10.5. The van der Waals surface area contributed by atoms with Crippen molar-refractivity contribution in [3.05, 3.63) is 222 Å². The summed E-state index contributed by atoms with van der Waals surface area (Å²) < 4.78 is 2.57. The van der Waals surface area contributed by atoms with Gasteiger partial charge in [0, 0.05) is 27.5 Å². The zero-order chi connectivity index (χ0) is 37.8. The van der Waals surface area contributed by atoms with Crippen LogP contribution < -0.4 is 0 Å². The van der Waals surface area contributed by atoms with Gasteiger partial charge in [-0.1, -0.05) is 184 Å². The molecular weight excluding hydrogens is 687 g/mol. The summed E-state index contributed by atoms with van der Waals surface area (Å²) >= 11 is 0. The van der Waals surface area contributed by atoms with Crippen molar-refractivity contribution in [3.63, 3.8) is 0 Å². The molecule has 268 valence electrons. The minimum absolute atomic E-state index is 0.157. The summed E-state index contributed by atoms with van der Waals surface area (Å²) in [6.45, 7) is 4.81. The van der Waals surface area contributed by atoms with Gasteiger partial charge in [0.05, 0.1) is 16.7 Å². The molecule has 0 saturated carbocycles. The number of benzene rings is 9. The summed E-state index contributed by atoms with van der Waals surface area (Å²) in [6, 6.07) is 72.5. The van der Waals surface area contributed by atoms with Crippen molar-refractivity contribution in [1.29, 1.82) is 0 Å². The molecule has 0 spiro atoms. The smallest absolute Gasteiger partial charge is 0.0588 e. The van der Waals surface area contributed by atoms with Crippen LogP contribution in [0.25, 0.3) is 82.8 Å². The molecule has 2 aliphatic carbocycles. The van der Waals surface area contributed by atoms with E-state index in [-0.39, 0.29) is 11.3 Å². The topological polar surface area (TPSA) is 4.93 Å². The molecule has 0 saturated heterocycles. The first kappa shape index (κ1) is 32.3. The molecule has 1 aromatic heterocycles. The zero-order valence-corrected chi connectivity index (χ0v) is 32.0. The maximum Gasteiger partial charge on any atom is 0.0588 e. The molecule has 57 heavy (non-hydrogen) atoms. The Morgan fingerprint density at radius 1 is 0.421 bits per heavy atom. The maximum absolute atomic E-state index is 2.57. The van der Waals surface area contributed by atoms with Gasteiger partial charge < -0.3 is 4.57 Å². The van der Waals surface area contributed by atoms with Crippen LogP contribution in [0.2, 0.25) is 0 Å². The summed E-state index contributed by atoms with van der Waals surface area (Å²) in [7, 11) is 0. The van der Waals surface area contributed by atoms with E-state index in [2.05, 4.69) is 213 Å². The largest absolute Gasteiger partial charge is 0.308 e. The van der Waals surface area contributed by atoms with E-state index in [1.165, 1.54) is 111 Å². The van der Waals surface area contributed by atoms with Crippen LogP contribution in [0.5, 0.6) is 0 Å². The molecule has 0 bridgehead atoms. The van der Waals surface area contributed by atoms with Crippen LogP contribution in [-0.4, -0.2) is 4.57 Å². The SMILES string of the molecule is CC1(C)c2ccccc2-c2ccc3c4cc(-c5ccc6c(c5)-c5ccccc5C6c5cccc(-c6ccccc6)c5)ccc4n(-c4cccc5ccccc45)c3c21. The Kier molecular flexibility index (Phi) is 6.81. The van der Waals surface area contributed by atoms with E-state index in [9.17, 15) is 0 Å². The first-order chi connectivity index (χ1) is 28.0. The normalized spacial score (nSPS) is 14.8. The second-order valence-electron chi connectivity index (χ2n) is 16.4. The van der Waals surface area contributed by atoms with E-state index in [1.54, 1.807) is 0 Å². The zero-order valence-electron chi connectivity index (χ0n) is 32.0. The molecule has 0 radical (unpaired) electrons. The Balaban J connectivity index is 1.06. The van der Waals surface area contributed by atoms with Crippen LogP contribution >= 0.6 is 0 Å². The lowest BCUT2D eigenvalue weighted by atomic mass is 9.81. The van der Waals surface area contributed by atoms with Gasteiger partial charge in [-0.15, -0.1) is 0 Å². The van der Waals surface area contributed by atoms with Gasteiger partial charge in [0.1, 0.15) is 0 Å². The van der Waals surface area contributed by atoms with E-state index in [1.807, 2.05) is 0 Å². The highest BCUT2D eigenvalue weighted by Gasteiger charge is 2.38. The van der Waals surface area contributed by atoms with Gasteiger partial charge in [-0.3, -0.25) is 0 Å². The third-order valence-corrected chi connectivity index (χ3v) is 13.0. The molecule has 1 atom stereocenters. The Bertz CT molecular complexity index is 3260. The number of nitrogens with zero attached hydrogens (tertiary/aromatic N) is 1. The van der Waals surface area contributed by atoms with Gasteiger partial charge in [0.15, 0.2) is 0 Å². The molecule has 1 unspecified atom stereocenters. The number of fused-ring (bicyclic) bond motifs is 11. The third-order valence-electron chi connectivity index (χ3n) is 13.0. The fraction of sp³-hybridized carbons (Fsp3) is 0.0714. The monoisotopic (exact) mass is 725 g/mol. The van der Waals surface area contributed by atoms with E-state index in [4.69, 9.17) is 0 Å². The number of hydrogen-bond donors (Lipinski definition) is 0. The Morgan fingerprint density at radius 3 is 2.02 bits per heavy atom. The second-order valence-corrected chi connectivity index (χ2v) is 16.4. The van der Waals surface area contributed by atoms with Crippen LogP contribution in [0.15, 0.2) is 194 Å². The predicted octanol–water partition coefficient (Wildman–Crippen LogP) is 14.7. The molecule has 0 N–H and O–H groups in total. The molecule has 0 amide bonds. The van der Waals surface area contributed by atoms with Crippen LogP contribution in [0, 0.1) is 0 Å². The summed E-state index contributed by atoms with van der Waals surface area (Å²) in [5.74, 6) is 0.185.